The fourth-order valence-corrected chi connectivity index (χ4v) is 2.46. The summed E-state index contributed by atoms with van der Waals surface area (Å²) in [6.45, 7) is 5.11. The summed E-state index contributed by atoms with van der Waals surface area (Å²) in [5, 5.41) is 13.7. The van der Waals surface area contributed by atoms with E-state index in [1.54, 1.807) is 7.11 Å². The first kappa shape index (κ1) is 13.9. The zero-order valence-corrected chi connectivity index (χ0v) is 11.0. The minimum Gasteiger partial charge on any atom is -0.390 e. The van der Waals surface area contributed by atoms with Crippen LogP contribution in [-0.4, -0.2) is 36.5 Å². The molecule has 16 heavy (non-hydrogen) atoms. The van der Waals surface area contributed by atoms with Crippen LogP contribution in [0.5, 0.6) is 0 Å². The molecule has 0 aromatic rings. The summed E-state index contributed by atoms with van der Waals surface area (Å²) in [5.41, 5.74) is -0.381. The molecule has 0 aromatic carbocycles. The molecule has 1 saturated carbocycles. The Kier molecular flexibility index (Phi) is 5.73. The van der Waals surface area contributed by atoms with Crippen molar-refractivity contribution in [1.82, 2.24) is 5.32 Å². The number of methoxy groups -OCH3 is 1. The molecule has 1 unspecified atom stereocenters. The van der Waals surface area contributed by atoms with E-state index in [1.807, 2.05) is 0 Å². The molecule has 1 atom stereocenters. The molecule has 0 spiro atoms. The van der Waals surface area contributed by atoms with Gasteiger partial charge in [0.2, 0.25) is 0 Å². The van der Waals surface area contributed by atoms with Crippen LogP contribution < -0.4 is 5.32 Å². The van der Waals surface area contributed by atoms with E-state index in [0.717, 1.165) is 45.1 Å². The fourth-order valence-electron chi connectivity index (χ4n) is 2.46. The minimum atomic E-state index is -0.381. The second-order valence-electron chi connectivity index (χ2n) is 5.20. The van der Waals surface area contributed by atoms with E-state index < -0.39 is 0 Å². The molecule has 96 valence electrons. The van der Waals surface area contributed by atoms with E-state index in [1.165, 1.54) is 0 Å². The van der Waals surface area contributed by atoms with Crippen molar-refractivity contribution in [2.45, 2.75) is 70.1 Å². The summed E-state index contributed by atoms with van der Waals surface area (Å²) in [7, 11) is 1.74. The Morgan fingerprint density at radius 1 is 1.44 bits per heavy atom. The third kappa shape index (κ3) is 4.40. The monoisotopic (exact) mass is 229 g/mol. The second kappa shape index (κ2) is 6.58. The molecule has 0 aliphatic heterocycles. The molecule has 0 saturated heterocycles. The lowest BCUT2D eigenvalue weighted by molar-refractivity contribution is -0.00793. The largest absolute Gasteiger partial charge is 0.390 e. The first-order chi connectivity index (χ1) is 7.59. The van der Waals surface area contributed by atoms with E-state index in [2.05, 4.69) is 19.2 Å². The van der Waals surface area contributed by atoms with E-state index in [9.17, 15) is 5.11 Å². The molecule has 0 aromatic heterocycles. The Balaban J connectivity index is 2.21. The number of rotatable bonds is 6. The molecule has 0 amide bonds. The van der Waals surface area contributed by atoms with Gasteiger partial charge in [-0.1, -0.05) is 6.92 Å². The summed E-state index contributed by atoms with van der Waals surface area (Å²) < 4.78 is 5.07. The van der Waals surface area contributed by atoms with E-state index in [4.69, 9.17) is 4.74 Å². The van der Waals surface area contributed by atoms with Gasteiger partial charge in [0.15, 0.2) is 0 Å². The van der Waals surface area contributed by atoms with Gasteiger partial charge in [-0.25, -0.2) is 0 Å². The van der Waals surface area contributed by atoms with Gasteiger partial charge in [0.05, 0.1) is 5.60 Å². The van der Waals surface area contributed by atoms with Crippen LogP contribution in [0.3, 0.4) is 0 Å². The van der Waals surface area contributed by atoms with Gasteiger partial charge in [0, 0.05) is 25.8 Å². The van der Waals surface area contributed by atoms with Crippen molar-refractivity contribution in [1.29, 1.82) is 0 Å². The average Bonchev–Trinajstić information content (AvgIpc) is 2.30. The van der Waals surface area contributed by atoms with Crippen molar-refractivity contribution >= 4 is 0 Å². The molecule has 1 rings (SSSR count). The molecule has 1 aliphatic carbocycles. The van der Waals surface area contributed by atoms with Crippen LogP contribution in [0.15, 0.2) is 0 Å². The van der Waals surface area contributed by atoms with Crippen molar-refractivity contribution in [3.63, 3.8) is 0 Å². The van der Waals surface area contributed by atoms with Crippen LogP contribution in [0.1, 0.15) is 52.4 Å². The minimum absolute atomic E-state index is 0.381. The lowest BCUT2D eigenvalue weighted by Crippen LogP contribution is -2.44. The Labute approximate surface area is 99.6 Å². The van der Waals surface area contributed by atoms with Gasteiger partial charge < -0.3 is 15.2 Å². The van der Waals surface area contributed by atoms with Crippen LogP contribution in [0.2, 0.25) is 0 Å². The third-order valence-electron chi connectivity index (χ3n) is 3.85. The van der Waals surface area contributed by atoms with Crippen molar-refractivity contribution in [2.24, 2.45) is 0 Å². The Hall–Kier alpha value is -0.120. The van der Waals surface area contributed by atoms with Gasteiger partial charge in [0.25, 0.3) is 0 Å². The van der Waals surface area contributed by atoms with E-state index in [0.29, 0.717) is 12.1 Å². The van der Waals surface area contributed by atoms with E-state index >= 15 is 0 Å². The van der Waals surface area contributed by atoms with Crippen LogP contribution >= 0.6 is 0 Å². The Bertz CT molecular complexity index is 188. The van der Waals surface area contributed by atoms with Crippen molar-refractivity contribution in [3.8, 4) is 0 Å². The fraction of sp³-hybridized carbons (Fsp3) is 1.00. The predicted octanol–water partition coefficient (Wildman–Crippen LogP) is 2.08. The zero-order valence-electron chi connectivity index (χ0n) is 11.0. The molecular formula is C13H27NO2. The molecule has 0 heterocycles. The number of hydrogen-bond acceptors (Lipinski definition) is 3. The summed E-state index contributed by atoms with van der Waals surface area (Å²) in [5.74, 6) is 0. The lowest BCUT2D eigenvalue weighted by atomic mass is 9.80. The zero-order chi connectivity index (χ0) is 12.0. The van der Waals surface area contributed by atoms with Crippen molar-refractivity contribution in [2.75, 3.05) is 13.7 Å². The number of nitrogens with one attached hydrogen (secondary N) is 1. The smallest absolute Gasteiger partial charge is 0.0646 e. The Morgan fingerprint density at radius 3 is 2.56 bits per heavy atom. The highest BCUT2D eigenvalue weighted by Crippen LogP contribution is 2.30. The molecule has 2 N–H and O–H groups in total. The predicted molar refractivity (Wildman–Crippen MR) is 66.6 cm³/mol. The van der Waals surface area contributed by atoms with Gasteiger partial charge in [0.1, 0.15) is 0 Å². The highest BCUT2D eigenvalue weighted by atomic mass is 16.5. The summed E-state index contributed by atoms with van der Waals surface area (Å²) in [4.78, 5) is 0. The van der Waals surface area contributed by atoms with Crippen molar-refractivity contribution in [3.05, 3.63) is 0 Å². The molecular weight excluding hydrogens is 202 g/mol. The SMILES string of the molecule is CCC1(O)CCC(NC(C)CCOC)CC1. The second-order valence-corrected chi connectivity index (χ2v) is 5.20. The van der Waals surface area contributed by atoms with Crippen LogP contribution in [0.25, 0.3) is 0 Å². The summed E-state index contributed by atoms with van der Waals surface area (Å²) in [6.07, 6.45) is 6.03. The maximum absolute atomic E-state index is 10.1. The first-order valence-electron chi connectivity index (χ1n) is 6.57. The molecule has 1 fully saturated rings. The van der Waals surface area contributed by atoms with Gasteiger partial charge in [-0.15, -0.1) is 0 Å². The highest BCUT2D eigenvalue weighted by Gasteiger charge is 2.31. The summed E-state index contributed by atoms with van der Waals surface area (Å²) in [6, 6.07) is 1.09. The van der Waals surface area contributed by atoms with Gasteiger partial charge in [-0.3, -0.25) is 0 Å². The molecule has 1 aliphatic rings. The van der Waals surface area contributed by atoms with Gasteiger partial charge >= 0.3 is 0 Å². The number of aliphatic hydroxyl groups is 1. The molecule has 3 nitrogen and oxygen atoms in total. The highest BCUT2D eigenvalue weighted by molar-refractivity contribution is 4.87. The lowest BCUT2D eigenvalue weighted by Gasteiger charge is -2.36. The quantitative estimate of drug-likeness (QED) is 0.733. The maximum Gasteiger partial charge on any atom is 0.0646 e. The molecule has 0 radical (unpaired) electrons. The maximum atomic E-state index is 10.1. The normalized spacial score (nSPS) is 32.6. The topological polar surface area (TPSA) is 41.5 Å². The third-order valence-corrected chi connectivity index (χ3v) is 3.85. The standard InChI is InChI=1S/C13H27NO2/c1-4-13(15)8-5-12(6-9-13)14-11(2)7-10-16-3/h11-12,14-15H,4-10H2,1-3H3. The molecule has 0 bridgehead atoms. The van der Waals surface area contributed by atoms with Crippen LogP contribution in [-0.2, 0) is 4.74 Å². The van der Waals surface area contributed by atoms with Gasteiger partial charge in [-0.2, -0.15) is 0 Å². The first-order valence-corrected chi connectivity index (χ1v) is 6.57. The Morgan fingerprint density at radius 2 is 2.06 bits per heavy atom. The average molecular weight is 229 g/mol. The number of hydrogen-bond donors (Lipinski definition) is 2. The van der Waals surface area contributed by atoms with Crippen molar-refractivity contribution < 1.29 is 9.84 Å². The summed E-state index contributed by atoms with van der Waals surface area (Å²) >= 11 is 0. The van der Waals surface area contributed by atoms with Crippen LogP contribution in [0, 0.1) is 0 Å². The number of ether oxygens (including phenoxy) is 1. The van der Waals surface area contributed by atoms with E-state index in [-0.39, 0.29) is 5.60 Å². The van der Waals surface area contributed by atoms with Gasteiger partial charge in [-0.05, 0) is 45.4 Å². The molecule has 3 heteroatoms. The van der Waals surface area contributed by atoms with Crippen LogP contribution in [0.4, 0.5) is 0 Å².